The second-order valence-electron chi connectivity index (χ2n) is 4.86. The average Bonchev–Trinajstić information content (AvgIpc) is 2.65. The van der Waals surface area contributed by atoms with Gasteiger partial charge in [0.15, 0.2) is 0 Å². The quantitative estimate of drug-likeness (QED) is 0.876. The molecule has 1 heterocycles. The SMILES string of the molecule is Cc1cc(C(CCO)c2ccccc2)c(C)n1C. The Balaban J connectivity index is 2.45. The molecule has 0 aliphatic rings. The average molecular weight is 243 g/mol. The van der Waals surface area contributed by atoms with E-state index in [1.54, 1.807) is 0 Å². The van der Waals surface area contributed by atoms with Gasteiger partial charge in [-0.1, -0.05) is 30.3 Å². The molecule has 0 aliphatic heterocycles. The molecule has 2 aromatic rings. The molecule has 2 rings (SSSR count). The number of rotatable bonds is 4. The maximum absolute atomic E-state index is 9.32. The molecule has 18 heavy (non-hydrogen) atoms. The smallest absolute Gasteiger partial charge is 0.0440 e. The Morgan fingerprint density at radius 2 is 1.83 bits per heavy atom. The first kappa shape index (κ1) is 12.9. The Kier molecular flexibility index (Phi) is 3.87. The summed E-state index contributed by atoms with van der Waals surface area (Å²) in [6.07, 6.45) is 0.772. The van der Waals surface area contributed by atoms with Crippen LogP contribution < -0.4 is 0 Å². The summed E-state index contributed by atoms with van der Waals surface area (Å²) in [5.41, 5.74) is 5.16. The summed E-state index contributed by atoms with van der Waals surface area (Å²) in [5, 5.41) is 9.32. The van der Waals surface area contributed by atoms with Gasteiger partial charge in [0.05, 0.1) is 0 Å². The number of benzene rings is 1. The Labute approximate surface area is 109 Å². The summed E-state index contributed by atoms with van der Waals surface area (Å²) >= 11 is 0. The molecule has 2 nitrogen and oxygen atoms in total. The van der Waals surface area contributed by atoms with Crippen LogP contribution in [-0.4, -0.2) is 16.3 Å². The minimum Gasteiger partial charge on any atom is -0.396 e. The van der Waals surface area contributed by atoms with Gasteiger partial charge in [0.2, 0.25) is 0 Å². The van der Waals surface area contributed by atoms with Crippen LogP contribution in [0.2, 0.25) is 0 Å². The van der Waals surface area contributed by atoms with E-state index in [0.29, 0.717) is 0 Å². The number of hydrogen-bond acceptors (Lipinski definition) is 1. The largest absolute Gasteiger partial charge is 0.396 e. The van der Waals surface area contributed by atoms with Gasteiger partial charge in [-0.3, -0.25) is 0 Å². The monoisotopic (exact) mass is 243 g/mol. The second kappa shape index (κ2) is 5.40. The lowest BCUT2D eigenvalue weighted by molar-refractivity contribution is 0.281. The summed E-state index contributed by atoms with van der Waals surface area (Å²) in [4.78, 5) is 0. The van der Waals surface area contributed by atoms with Gasteiger partial charge in [-0.2, -0.15) is 0 Å². The van der Waals surface area contributed by atoms with Crippen LogP contribution in [0.25, 0.3) is 0 Å². The van der Waals surface area contributed by atoms with E-state index in [0.717, 1.165) is 6.42 Å². The lowest BCUT2D eigenvalue weighted by Crippen LogP contribution is -2.05. The molecule has 1 atom stereocenters. The molecule has 0 bridgehead atoms. The van der Waals surface area contributed by atoms with Crippen LogP contribution in [0, 0.1) is 13.8 Å². The number of nitrogens with zero attached hydrogens (tertiary/aromatic N) is 1. The summed E-state index contributed by atoms with van der Waals surface area (Å²) in [5.74, 6) is 0.288. The third-order valence-electron chi connectivity index (χ3n) is 3.81. The molecule has 0 saturated heterocycles. The van der Waals surface area contributed by atoms with Crippen molar-refractivity contribution in [1.82, 2.24) is 4.57 Å². The topological polar surface area (TPSA) is 25.2 Å². The molecule has 1 aromatic carbocycles. The predicted molar refractivity (Wildman–Crippen MR) is 74.9 cm³/mol. The van der Waals surface area contributed by atoms with E-state index in [1.807, 2.05) is 6.07 Å². The minimum atomic E-state index is 0.215. The zero-order valence-electron chi connectivity index (χ0n) is 11.4. The van der Waals surface area contributed by atoms with Crippen LogP contribution in [0.4, 0.5) is 0 Å². The standard InChI is InChI=1S/C16H21NO/c1-12-11-16(13(2)17(12)3)15(9-10-18)14-7-5-4-6-8-14/h4-8,11,15,18H,9-10H2,1-3H3. The Morgan fingerprint density at radius 3 is 2.33 bits per heavy atom. The molecule has 0 fully saturated rings. The van der Waals surface area contributed by atoms with Crippen LogP contribution in [0.15, 0.2) is 36.4 Å². The molecule has 0 amide bonds. The van der Waals surface area contributed by atoms with Crippen molar-refractivity contribution < 1.29 is 5.11 Å². The highest BCUT2D eigenvalue weighted by Gasteiger charge is 2.18. The van der Waals surface area contributed by atoms with E-state index < -0.39 is 0 Å². The van der Waals surface area contributed by atoms with Crippen LogP contribution >= 0.6 is 0 Å². The molecule has 1 N–H and O–H groups in total. The zero-order valence-corrected chi connectivity index (χ0v) is 11.4. The molecule has 0 saturated carbocycles. The van der Waals surface area contributed by atoms with E-state index in [1.165, 1.54) is 22.5 Å². The molecule has 0 spiro atoms. The Morgan fingerprint density at radius 1 is 1.17 bits per heavy atom. The second-order valence-corrected chi connectivity index (χ2v) is 4.86. The van der Waals surface area contributed by atoms with Crippen molar-refractivity contribution in [2.75, 3.05) is 6.61 Å². The fraction of sp³-hybridized carbons (Fsp3) is 0.375. The lowest BCUT2D eigenvalue weighted by Gasteiger charge is -2.17. The third-order valence-corrected chi connectivity index (χ3v) is 3.81. The fourth-order valence-electron chi connectivity index (χ4n) is 2.55. The van der Waals surface area contributed by atoms with Gasteiger partial charge >= 0.3 is 0 Å². The fourth-order valence-corrected chi connectivity index (χ4v) is 2.55. The molecular formula is C16H21NO. The van der Waals surface area contributed by atoms with Gasteiger partial charge < -0.3 is 9.67 Å². The molecule has 2 heteroatoms. The Bertz CT molecular complexity index is 513. The first-order chi connectivity index (χ1) is 8.65. The van der Waals surface area contributed by atoms with Crippen molar-refractivity contribution in [3.63, 3.8) is 0 Å². The molecular weight excluding hydrogens is 222 g/mol. The van der Waals surface area contributed by atoms with Crippen LogP contribution in [0.3, 0.4) is 0 Å². The number of aliphatic hydroxyl groups is 1. The van der Waals surface area contributed by atoms with Crippen molar-refractivity contribution in [1.29, 1.82) is 0 Å². The number of aromatic nitrogens is 1. The van der Waals surface area contributed by atoms with Crippen molar-refractivity contribution in [3.05, 3.63) is 58.9 Å². The van der Waals surface area contributed by atoms with E-state index in [9.17, 15) is 5.11 Å². The first-order valence-electron chi connectivity index (χ1n) is 6.43. The highest BCUT2D eigenvalue weighted by Crippen LogP contribution is 2.31. The molecule has 1 unspecified atom stereocenters. The van der Waals surface area contributed by atoms with Crippen LogP contribution in [0.1, 0.15) is 34.9 Å². The van der Waals surface area contributed by atoms with Gasteiger partial charge in [-0.15, -0.1) is 0 Å². The maximum Gasteiger partial charge on any atom is 0.0440 e. The van der Waals surface area contributed by atoms with Crippen molar-refractivity contribution in [2.24, 2.45) is 7.05 Å². The van der Waals surface area contributed by atoms with E-state index in [-0.39, 0.29) is 12.5 Å². The molecule has 96 valence electrons. The lowest BCUT2D eigenvalue weighted by atomic mass is 9.89. The predicted octanol–water partition coefficient (Wildman–Crippen LogP) is 3.16. The van der Waals surface area contributed by atoms with Gasteiger partial charge in [-0.25, -0.2) is 0 Å². The summed E-state index contributed by atoms with van der Waals surface area (Å²) in [6.45, 7) is 4.49. The highest BCUT2D eigenvalue weighted by atomic mass is 16.3. The highest BCUT2D eigenvalue weighted by molar-refractivity contribution is 5.37. The van der Waals surface area contributed by atoms with Gasteiger partial charge in [0.25, 0.3) is 0 Å². The van der Waals surface area contributed by atoms with E-state index >= 15 is 0 Å². The van der Waals surface area contributed by atoms with Crippen LogP contribution in [-0.2, 0) is 7.05 Å². The van der Waals surface area contributed by atoms with Gasteiger partial charge in [-0.05, 0) is 37.5 Å². The Hall–Kier alpha value is -1.54. The van der Waals surface area contributed by atoms with Gasteiger partial charge in [0, 0.05) is 31.0 Å². The maximum atomic E-state index is 9.32. The van der Waals surface area contributed by atoms with Crippen molar-refractivity contribution in [2.45, 2.75) is 26.2 Å². The van der Waals surface area contributed by atoms with Gasteiger partial charge in [0.1, 0.15) is 0 Å². The van der Waals surface area contributed by atoms with Crippen molar-refractivity contribution in [3.8, 4) is 0 Å². The van der Waals surface area contributed by atoms with Crippen LogP contribution in [0.5, 0.6) is 0 Å². The zero-order chi connectivity index (χ0) is 13.1. The number of aryl methyl sites for hydroxylation is 1. The number of hydrogen-bond donors (Lipinski definition) is 1. The summed E-state index contributed by atoms with van der Waals surface area (Å²) in [6, 6.07) is 12.7. The summed E-state index contributed by atoms with van der Waals surface area (Å²) in [7, 11) is 2.09. The van der Waals surface area contributed by atoms with Crippen molar-refractivity contribution >= 4 is 0 Å². The third kappa shape index (κ3) is 2.34. The van der Waals surface area contributed by atoms with E-state index in [2.05, 4.69) is 55.8 Å². The number of aliphatic hydroxyl groups excluding tert-OH is 1. The minimum absolute atomic E-state index is 0.215. The molecule has 0 aliphatic carbocycles. The summed E-state index contributed by atoms with van der Waals surface area (Å²) < 4.78 is 2.21. The first-order valence-corrected chi connectivity index (χ1v) is 6.43. The normalized spacial score (nSPS) is 12.7. The van der Waals surface area contributed by atoms with E-state index in [4.69, 9.17) is 0 Å². The molecule has 1 aromatic heterocycles. The molecule has 0 radical (unpaired) electrons.